The van der Waals surface area contributed by atoms with Gasteiger partial charge in [-0.05, 0) is 16.7 Å². The molecule has 2 heterocycles. The number of nitrogens with zero attached hydrogens (tertiary/aromatic N) is 3. The Morgan fingerprint density at radius 1 is 0.618 bits per heavy atom. The molecule has 6 heteroatoms. The summed E-state index contributed by atoms with van der Waals surface area (Å²) >= 11 is 0. The maximum Gasteiger partial charge on any atom is 0.332 e. The van der Waals surface area contributed by atoms with Crippen molar-refractivity contribution in [3.05, 3.63) is 111 Å². The van der Waals surface area contributed by atoms with Crippen molar-refractivity contribution < 1.29 is 4.79 Å². The molecule has 5 aromatic rings. The van der Waals surface area contributed by atoms with Gasteiger partial charge in [-0.25, -0.2) is 9.78 Å². The van der Waals surface area contributed by atoms with Gasteiger partial charge < -0.3 is 0 Å². The molecule has 6 nitrogen and oxygen atoms in total. The molecular formula is C28H19N3O3. The van der Waals surface area contributed by atoms with E-state index in [2.05, 4.69) is 4.98 Å². The van der Waals surface area contributed by atoms with Crippen LogP contribution in [0.2, 0.25) is 0 Å². The molecule has 34 heavy (non-hydrogen) atoms. The maximum atomic E-state index is 13.5. The van der Waals surface area contributed by atoms with Gasteiger partial charge in [0.05, 0.1) is 16.6 Å². The van der Waals surface area contributed by atoms with Gasteiger partial charge in [0.25, 0.3) is 5.56 Å². The number of aromatic nitrogens is 3. The number of ketones is 1. The Morgan fingerprint density at radius 2 is 1.21 bits per heavy atom. The number of carbonyl (C=O) groups is 1. The Balaban J connectivity index is 1.73. The van der Waals surface area contributed by atoms with Crippen molar-refractivity contribution in [1.82, 2.24) is 14.1 Å². The van der Waals surface area contributed by atoms with E-state index in [0.717, 1.165) is 21.3 Å². The lowest BCUT2D eigenvalue weighted by Gasteiger charge is -2.15. The van der Waals surface area contributed by atoms with Gasteiger partial charge >= 0.3 is 5.69 Å². The number of aryl methyl sites for hydroxylation is 1. The average molecular weight is 445 g/mol. The third-order valence-electron chi connectivity index (χ3n) is 6.52. The fourth-order valence-corrected chi connectivity index (χ4v) is 4.78. The molecule has 0 bridgehead atoms. The van der Waals surface area contributed by atoms with Crippen molar-refractivity contribution in [1.29, 1.82) is 0 Å². The number of fused-ring (bicyclic) bond motifs is 4. The quantitative estimate of drug-likeness (QED) is 0.401. The van der Waals surface area contributed by atoms with Crippen LogP contribution in [0.1, 0.15) is 15.9 Å². The molecule has 0 saturated carbocycles. The second-order valence-electron chi connectivity index (χ2n) is 8.43. The molecule has 3 aromatic carbocycles. The first-order valence-corrected chi connectivity index (χ1v) is 10.9. The van der Waals surface area contributed by atoms with Crippen LogP contribution in [0, 0.1) is 0 Å². The summed E-state index contributed by atoms with van der Waals surface area (Å²) in [6.07, 6.45) is 0. The van der Waals surface area contributed by atoms with Gasteiger partial charge in [-0.15, -0.1) is 0 Å². The average Bonchev–Trinajstić information content (AvgIpc) is 3.17. The van der Waals surface area contributed by atoms with E-state index in [4.69, 9.17) is 0 Å². The number of rotatable bonds is 2. The minimum absolute atomic E-state index is 0.168. The van der Waals surface area contributed by atoms with Gasteiger partial charge in [-0.2, -0.15) is 0 Å². The van der Waals surface area contributed by atoms with E-state index in [0.29, 0.717) is 27.9 Å². The maximum absolute atomic E-state index is 13.5. The molecule has 164 valence electrons. The predicted molar refractivity (Wildman–Crippen MR) is 132 cm³/mol. The highest BCUT2D eigenvalue weighted by atomic mass is 16.2. The Hall–Kier alpha value is -4.58. The summed E-state index contributed by atoms with van der Waals surface area (Å²) in [5.41, 5.74) is 4.80. The first-order chi connectivity index (χ1) is 16.5. The first kappa shape index (κ1) is 20.1. The van der Waals surface area contributed by atoms with Gasteiger partial charge in [-0.3, -0.25) is 18.7 Å². The van der Waals surface area contributed by atoms with Crippen molar-refractivity contribution in [2.75, 3.05) is 0 Å². The Morgan fingerprint density at radius 3 is 1.91 bits per heavy atom. The van der Waals surface area contributed by atoms with Crippen molar-refractivity contribution in [3.8, 4) is 33.5 Å². The van der Waals surface area contributed by atoms with Crippen molar-refractivity contribution >= 4 is 16.8 Å². The Kier molecular flexibility index (Phi) is 4.26. The van der Waals surface area contributed by atoms with Gasteiger partial charge in [0.2, 0.25) is 0 Å². The molecule has 1 aliphatic carbocycles. The largest absolute Gasteiger partial charge is 0.332 e. The molecule has 0 spiro atoms. The van der Waals surface area contributed by atoms with Gasteiger partial charge in [-0.1, -0.05) is 78.9 Å². The monoisotopic (exact) mass is 445 g/mol. The topological polar surface area (TPSA) is 74.0 Å². The first-order valence-electron chi connectivity index (χ1n) is 10.9. The molecule has 6 rings (SSSR count). The van der Waals surface area contributed by atoms with E-state index in [1.54, 1.807) is 13.1 Å². The fourth-order valence-electron chi connectivity index (χ4n) is 4.78. The lowest BCUT2D eigenvalue weighted by molar-refractivity contribution is 0.104. The second kappa shape index (κ2) is 7.22. The molecule has 0 N–H and O–H groups in total. The summed E-state index contributed by atoms with van der Waals surface area (Å²) in [6.45, 7) is 0. The number of hydrogen-bond acceptors (Lipinski definition) is 4. The van der Waals surface area contributed by atoms with E-state index in [-0.39, 0.29) is 16.8 Å². The zero-order valence-electron chi connectivity index (χ0n) is 18.6. The molecule has 0 amide bonds. The normalized spacial score (nSPS) is 12.1. The van der Waals surface area contributed by atoms with Crippen molar-refractivity contribution in [2.45, 2.75) is 0 Å². The highest BCUT2D eigenvalue weighted by molar-refractivity contribution is 6.26. The smallest absolute Gasteiger partial charge is 0.288 e. The molecule has 0 aliphatic heterocycles. The van der Waals surface area contributed by atoms with Gasteiger partial charge in [0.1, 0.15) is 0 Å². The number of pyridine rings is 1. The van der Waals surface area contributed by atoms with E-state index in [1.165, 1.54) is 11.6 Å². The highest BCUT2D eigenvalue weighted by Crippen LogP contribution is 2.43. The summed E-state index contributed by atoms with van der Waals surface area (Å²) in [5, 5.41) is 0.261. The Bertz CT molecular complexity index is 1760. The van der Waals surface area contributed by atoms with Crippen LogP contribution >= 0.6 is 0 Å². The Labute approximate surface area is 194 Å². The van der Waals surface area contributed by atoms with Gasteiger partial charge in [0, 0.05) is 30.8 Å². The van der Waals surface area contributed by atoms with Crippen LogP contribution in [0.25, 0.3) is 44.5 Å². The summed E-state index contributed by atoms with van der Waals surface area (Å²) < 4.78 is 2.43. The van der Waals surface area contributed by atoms with E-state index < -0.39 is 11.2 Å². The standard InChI is InChI=1S/C28H19N3O3/c1-30-26-23(27(33)31(2)28(30)34)21(18-14-12-17(13-15-18)16-8-4-3-5-9-16)22-24(29-26)19-10-6-7-11-20(19)25(22)32/h3-15H,1-2H3. The third-order valence-corrected chi connectivity index (χ3v) is 6.52. The number of carbonyl (C=O) groups excluding carboxylic acids is 1. The fraction of sp³-hybridized carbons (Fsp3) is 0.0714. The predicted octanol–water partition coefficient (Wildman–Crippen LogP) is 4.18. The molecule has 1 aliphatic rings. The number of benzene rings is 3. The molecule has 0 fully saturated rings. The zero-order valence-corrected chi connectivity index (χ0v) is 18.6. The summed E-state index contributed by atoms with van der Waals surface area (Å²) in [4.78, 5) is 44.3. The van der Waals surface area contributed by atoms with Crippen LogP contribution in [0.5, 0.6) is 0 Å². The van der Waals surface area contributed by atoms with E-state index in [1.807, 2.05) is 72.8 Å². The molecule has 0 unspecified atom stereocenters. The van der Waals surface area contributed by atoms with Crippen LogP contribution < -0.4 is 11.2 Å². The number of hydrogen-bond donors (Lipinski definition) is 0. The van der Waals surface area contributed by atoms with Crippen molar-refractivity contribution in [3.63, 3.8) is 0 Å². The highest BCUT2D eigenvalue weighted by Gasteiger charge is 2.34. The van der Waals surface area contributed by atoms with Crippen LogP contribution in [0.4, 0.5) is 0 Å². The molecule has 0 atom stereocenters. The van der Waals surface area contributed by atoms with Gasteiger partial charge in [0.15, 0.2) is 11.4 Å². The zero-order chi connectivity index (χ0) is 23.6. The molecule has 2 aromatic heterocycles. The minimum Gasteiger partial charge on any atom is -0.288 e. The summed E-state index contributed by atoms with van der Waals surface area (Å²) in [5.74, 6) is -0.168. The summed E-state index contributed by atoms with van der Waals surface area (Å²) in [6, 6.07) is 25.0. The minimum atomic E-state index is -0.473. The molecule has 0 radical (unpaired) electrons. The third kappa shape index (κ3) is 2.69. The van der Waals surface area contributed by atoms with E-state index >= 15 is 0 Å². The van der Waals surface area contributed by atoms with E-state index in [9.17, 15) is 14.4 Å². The van der Waals surface area contributed by atoms with Crippen molar-refractivity contribution in [2.24, 2.45) is 14.1 Å². The SMILES string of the molecule is Cn1c(=O)c2c(-c3ccc(-c4ccccc4)cc3)c3c(nc2n(C)c1=O)-c1ccccc1C3=O. The lowest BCUT2D eigenvalue weighted by atomic mass is 9.93. The second-order valence-corrected chi connectivity index (χ2v) is 8.43. The van der Waals surface area contributed by atoms with Crippen LogP contribution in [-0.4, -0.2) is 19.9 Å². The molecular weight excluding hydrogens is 426 g/mol. The summed E-state index contributed by atoms with van der Waals surface area (Å²) in [7, 11) is 3.03. The van der Waals surface area contributed by atoms with Crippen LogP contribution in [-0.2, 0) is 14.1 Å². The molecule has 0 saturated heterocycles. The lowest BCUT2D eigenvalue weighted by Crippen LogP contribution is -2.37. The van der Waals surface area contributed by atoms with Crippen LogP contribution in [0.15, 0.2) is 88.5 Å². The van der Waals surface area contributed by atoms with Crippen LogP contribution in [0.3, 0.4) is 0 Å².